The average molecular weight is 230 g/mol. The maximum absolute atomic E-state index is 10.4. The molecule has 0 unspecified atom stereocenters. The van der Waals surface area contributed by atoms with Gasteiger partial charge >= 0.3 is 0 Å². The Kier molecular flexibility index (Phi) is 5.02. The van der Waals surface area contributed by atoms with E-state index in [9.17, 15) is 9.59 Å². The fourth-order valence-electron chi connectivity index (χ4n) is 1.87. The SMILES string of the molecule is CCC(CC)c1ccc(N=C=O)cc1N=C=O. The minimum absolute atomic E-state index is 0.344. The highest BCUT2D eigenvalue weighted by Crippen LogP contribution is 2.34. The molecule has 0 fully saturated rings. The molecule has 0 saturated carbocycles. The molecular formula is C13H14N2O2. The van der Waals surface area contributed by atoms with Crippen LogP contribution >= 0.6 is 0 Å². The lowest BCUT2D eigenvalue weighted by molar-refractivity contribution is 0.564. The van der Waals surface area contributed by atoms with Gasteiger partial charge in [-0.15, -0.1) is 0 Å². The Morgan fingerprint density at radius 1 is 1.12 bits per heavy atom. The van der Waals surface area contributed by atoms with Crippen molar-refractivity contribution >= 4 is 23.5 Å². The van der Waals surface area contributed by atoms with Crippen LogP contribution in [0.25, 0.3) is 0 Å². The molecule has 0 heterocycles. The fraction of sp³-hybridized carbons (Fsp3) is 0.385. The number of hydrogen-bond donors (Lipinski definition) is 0. The monoisotopic (exact) mass is 230 g/mol. The van der Waals surface area contributed by atoms with Gasteiger partial charge in [0, 0.05) is 0 Å². The number of rotatable bonds is 5. The Bertz CT molecular complexity index is 480. The third-order valence-electron chi connectivity index (χ3n) is 2.78. The number of benzene rings is 1. The second-order valence-corrected chi connectivity index (χ2v) is 3.66. The molecular weight excluding hydrogens is 216 g/mol. The first-order valence-corrected chi connectivity index (χ1v) is 5.56. The van der Waals surface area contributed by atoms with Gasteiger partial charge in [-0.3, -0.25) is 0 Å². The third kappa shape index (κ3) is 3.22. The summed E-state index contributed by atoms with van der Waals surface area (Å²) in [4.78, 5) is 27.7. The molecule has 0 aliphatic carbocycles. The maximum Gasteiger partial charge on any atom is 0.240 e. The summed E-state index contributed by atoms with van der Waals surface area (Å²) in [6, 6.07) is 5.18. The number of carbonyl (C=O) groups excluding carboxylic acids is 2. The van der Waals surface area contributed by atoms with Crippen molar-refractivity contribution in [2.45, 2.75) is 32.6 Å². The maximum atomic E-state index is 10.4. The Morgan fingerprint density at radius 3 is 2.29 bits per heavy atom. The summed E-state index contributed by atoms with van der Waals surface area (Å²) in [6.07, 6.45) is 4.93. The minimum Gasteiger partial charge on any atom is -0.211 e. The third-order valence-corrected chi connectivity index (χ3v) is 2.78. The van der Waals surface area contributed by atoms with Crippen LogP contribution in [-0.2, 0) is 9.59 Å². The zero-order valence-corrected chi connectivity index (χ0v) is 9.93. The van der Waals surface area contributed by atoms with Gasteiger partial charge in [0.05, 0.1) is 11.4 Å². The van der Waals surface area contributed by atoms with Crippen molar-refractivity contribution in [3.8, 4) is 0 Å². The zero-order valence-electron chi connectivity index (χ0n) is 9.93. The summed E-state index contributed by atoms with van der Waals surface area (Å²) in [5, 5.41) is 0. The Balaban J connectivity index is 3.29. The van der Waals surface area contributed by atoms with Crippen molar-refractivity contribution in [2.24, 2.45) is 9.98 Å². The summed E-state index contributed by atoms with van der Waals surface area (Å²) < 4.78 is 0. The molecule has 17 heavy (non-hydrogen) atoms. The van der Waals surface area contributed by atoms with Crippen LogP contribution in [-0.4, -0.2) is 12.2 Å². The van der Waals surface area contributed by atoms with E-state index in [4.69, 9.17) is 0 Å². The highest BCUT2D eigenvalue weighted by Gasteiger charge is 2.12. The van der Waals surface area contributed by atoms with Crippen molar-refractivity contribution in [3.05, 3.63) is 23.8 Å². The molecule has 0 bridgehead atoms. The highest BCUT2D eigenvalue weighted by atomic mass is 16.1. The number of aliphatic imine (C=N–C) groups is 2. The summed E-state index contributed by atoms with van der Waals surface area (Å²) in [6.45, 7) is 4.17. The van der Waals surface area contributed by atoms with Gasteiger partial charge in [-0.2, -0.15) is 9.98 Å². The molecule has 0 saturated heterocycles. The van der Waals surface area contributed by atoms with Gasteiger partial charge in [0.15, 0.2) is 0 Å². The van der Waals surface area contributed by atoms with Gasteiger partial charge in [0.1, 0.15) is 0 Å². The Labute approximate surface area is 100 Å². The molecule has 0 aromatic heterocycles. The lowest BCUT2D eigenvalue weighted by atomic mass is 9.92. The molecule has 1 rings (SSSR count). The second-order valence-electron chi connectivity index (χ2n) is 3.66. The number of hydrogen-bond acceptors (Lipinski definition) is 4. The van der Waals surface area contributed by atoms with E-state index >= 15 is 0 Å². The smallest absolute Gasteiger partial charge is 0.211 e. The number of nitrogens with zero attached hydrogens (tertiary/aromatic N) is 2. The van der Waals surface area contributed by atoms with E-state index < -0.39 is 0 Å². The Hall–Kier alpha value is -2.02. The highest BCUT2D eigenvalue weighted by molar-refractivity contribution is 5.62. The van der Waals surface area contributed by atoms with Gasteiger partial charge in [0.2, 0.25) is 12.2 Å². The molecule has 4 heteroatoms. The molecule has 0 amide bonds. The van der Waals surface area contributed by atoms with Crippen LogP contribution in [0.1, 0.15) is 38.2 Å². The van der Waals surface area contributed by atoms with E-state index in [2.05, 4.69) is 23.8 Å². The molecule has 0 N–H and O–H groups in total. The van der Waals surface area contributed by atoms with Crippen LogP contribution < -0.4 is 0 Å². The van der Waals surface area contributed by atoms with Crippen LogP contribution in [0.4, 0.5) is 11.4 Å². The Morgan fingerprint density at radius 2 is 1.76 bits per heavy atom. The van der Waals surface area contributed by atoms with Gasteiger partial charge in [-0.25, -0.2) is 9.59 Å². The van der Waals surface area contributed by atoms with Crippen molar-refractivity contribution in [1.82, 2.24) is 0 Å². The quantitative estimate of drug-likeness (QED) is 0.574. The van der Waals surface area contributed by atoms with E-state index in [0.29, 0.717) is 17.3 Å². The molecule has 0 spiro atoms. The average Bonchev–Trinajstić information content (AvgIpc) is 2.34. The van der Waals surface area contributed by atoms with Crippen molar-refractivity contribution in [1.29, 1.82) is 0 Å². The van der Waals surface area contributed by atoms with E-state index in [0.717, 1.165) is 18.4 Å². The second kappa shape index (κ2) is 6.54. The van der Waals surface area contributed by atoms with Crippen molar-refractivity contribution in [2.75, 3.05) is 0 Å². The molecule has 1 aromatic rings. The molecule has 0 radical (unpaired) electrons. The molecule has 1 aromatic carbocycles. The van der Waals surface area contributed by atoms with Crippen LogP contribution in [0, 0.1) is 0 Å². The van der Waals surface area contributed by atoms with Crippen LogP contribution in [0.3, 0.4) is 0 Å². The predicted molar refractivity (Wildman–Crippen MR) is 65.3 cm³/mol. The molecule has 0 aliphatic rings. The lowest BCUT2D eigenvalue weighted by Gasteiger charge is -2.14. The van der Waals surface area contributed by atoms with E-state index in [1.807, 2.05) is 6.07 Å². The number of isocyanates is 2. The topological polar surface area (TPSA) is 58.9 Å². The van der Waals surface area contributed by atoms with E-state index in [1.54, 1.807) is 12.1 Å². The minimum atomic E-state index is 0.344. The first-order chi connectivity index (χ1) is 8.26. The normalized spacial score (nSPS) is 9.59. The molecule has 0 atom stereocenters. The molecule has 88 valence electrons. The fourth-order valence-corrected chi connectivity index (χ4v) is 1.87. The summed E-state index contributed by atoms with van der Waals surface area (Å²) in [5.41, 5.74) is 1.97. The lowest BCUT2D eigenvalue weighted by Crippen LogP contribution is -1.95. The van der Waals surface area contributed by atoms with Gasteiger partial charge in [0.25, 0.3) is 0 Å². The van der Waals surface area contributed by atoms with Crippen LogP contribution in [0.2, 0.25) is 0 Å². The zero-order chi connectivity index (χ0) is 12.7. The van der Waals surface area contributed by atoms with Gasteiger partial charge < -0.3 is 0 Å². The standard InChI is InChI=1S/C13H14N2O2/c1-3-10(4-2)12-6-5-11(14-8-16)7-13(12)15-9-17/h5-7,10H,3-4H2,1-2H3. The van der Waals surface area contributed by atoms with Crippen molar-refractivity contribution in [3.63, 3.8) is 0 Å². The molecule has 4 nitrogen and oxygen atoms in total. The predicted octanol–water partition coefficient (Wildman–Crippen LogP) is 3.52. The summed E-state index contributed by atoms with van der Waals surface area (Å²) in [7, 11) is 0. The summed E-state index contributed by atoms with van der Waals surface area (Å²) >= 11 is 0. The van der Waals surface area contributed by atoms with E-state index in [1.165, 1.54) is 12.2 Å². The van der Waals surface area contributed by atoms with E-state index in [-0.39, 0.29) is 0 Å². The first-order valence-electron chi connectivity index (χ1n) is 5.56. The van der Waals surface area contributed by atoms with Crippen LogP contribution in [0.5, 0.6) is 0 Å². The van der Waals surface area contributed by atoms with Crippen LogP contribution in [0.15, 0.2) is 28.2 Å². The van der Waals surface area contributed by atoms with Gasteiger partial charge in [-0.1, -0.05) is 19.9 Å². The molecule has 0 aliphatic heterocycles. The largest absolute Gasteiger partial charge is 0.240 e. The van der Waals surface area contributed by atoms with Gasteiger partial charge in [-0.05, 0) is 36.5 Å². The first kappa shape index (κ1) is 13.0. The van der Waals surface area contributed by atoms with Crippen molar-refractivity contribution < 1.29 is 9.59 Å². The summed E-state index contributed by atoms with van der Waals surface area (Å²) in [5.74, 6) is 0.344.